The number of rotatable bonds is 3. The van der Waals surface area contributed by atoms with E-state index in [0.29, 0.717) is 11.3 Å². The molecule has 0 saturated carbocycles. The fourth-order valence-corrected chi connectivity index (χ4v) is 2.09. The number of Topliss-reactive ketones (excluding diaryl/α,β-unsaturated/α-hetero) is 1. The first kappa shape index (κ1) is 13.0. The van der Waals surface area contributed by atoms with E-state index in [0.717, 1.165) is 4.47 Å². The molecule has 1 N–H and O–H groups in total. The third kappa shape index (κ3) is 2.70. The van der Waals surface area contributed by atoms with Gasteiger partial charge in [0.2, 0.25) is 5.91 Å². The van der Waals surface area contributed by atoms with Crippen molar-refractivity contribution >= 4 is 27.6 Å². The van der Waals surface area contributed by atoms with E-state index in [2.05, 4.69) is 21.2 Å². The summed E-state index contributed by atoms with van der Waals surface area (Å²) in [6.07, 6.45) is 0. The minimum atomic E-state index is -0.658. The molecule has 1 unspecified atom stereocenters. The molecule has 0 spiro atoms. The van der Waals surface area contributed by atoms with Crippen molar-refractivity contribution < 1.29 is 19.1 Å². The van der Waals surface area contributed by atoms with Gasteiger partial charge in [0.25, 0.3) is 0 Å². The van der Waals surface area contributed by atoms with E-state index in [1.165, 1.54) is 7.11 Å². The Morgan fingerprint density at radius 1 is 1.61 bits per heavy atom. The maximum absolute atomic E-state index is 12.2. The van der Waals surface area contributed by atoms with E-state index in [1.54, 1.807) is 18.2 Å². The molecule has 2 rings (SSSR count). The van der Waals surface area contributed by atoms with Crippen LogP contribution in [0.3, 0.4) is 0 Å². The highest BCUT2D eigenvalue weighted by atomic mass is 79.9. The second-order valence-electron chi connectivity index (χ2n) is 3.87. The molecule has 1 aromatic carbocycles. The van der Waals surface area contributed by atoms with Crippen LogP contribution in [0.25, 0.3) is 0 Å². The van der Waals surface area contributed by atoms with Crippen molar-refractivity contribution in [1.82, 2.24) is 5.32 Å². The van der Waals surface area contributed by atoms with E-state index < -0.39 is 6.04 Å². The van der Waals surface area contributed by atoms with Crippen molar-refractivity contribution in [1.29, 1.82) is 0 Å². The summed E-state index contributed by atoms with van der Waals surface area (Å²) < 4.78 is 10.9. The summed E-state index contributed by atoms with van der Waals surface area (Å²) in [6, 6.07) is 4.56. The van der Waals surface area contributed by atoms with Crippen molar-refractivity contribution in [2.45, 2.75) is 6.04 Å². The standard InChI is InChI=1S/C12H12BrNO4/c1-17-6-11(15)14-9-5-18-10-3-2-7(13)4-8(10)12(9)16/h2-4,9H,5-6H2,1H3,(H,14,15). The number of hydrogen-bond donors (Lipinski definition) is 1. The SMILES string of the molecule is COCC(=O)NC1COc2ccc(Br)cc2C1=O. The van der Waals surface area contributed by atoms with Gasteiger partial charge in [-0.05, 0) is 18.2 Å². The molecule has 0 radical (unpaired) electrons. The molecular weight excluding hydrogens is 302 g/mol. The fourth-order valence-electron chi connectivity index (χ4n) is 1.73. The number of amides is 1. The molecular formula is C12H12BrNO4. The normalized spacial score (nSPS) is 17.9. The first-order chi connectivity index (χ1) is 8.61. The zero-order valence-electron chi connectivity index (χ0n) is 9.73. The van der Waals surface area contributed by atoms with Gasteiger partial charge in [-0.3, -0.25) is 9.59 Å². The Bertz CT molecular complexity index is 489. The highest BCUT2D eigenvalue weighted by Crippen LogP contribution is 2.27. The predicted octanol–water partition coefficient (Wildman–Crippen LogP) is 1.16. The van der Waals surface area contributed by atoms with E-state index in [4.69, 9.17) is 9.47 Å². The van der Waals surface area contributed by atoms with Gasteiger partial charge < -0.3 is 14.8 Å². The zero-order chi connectivity index (χ0) is 13.1. The lowest BCUT2D eigenvalue weighted by molar-refractivity contribution is -0.125. The van der Waals surface area contributed by atoms with Crippen LogP contribution in [-0.4, -0.2) is 38.1 Å². The van der Waals surface area contributed by atoms with Gasteiger partial charge in [-0.25, -0.2) is 0 Å². The summed E-state index contributed by atoms with van der Waals surface area (Å²) in [6.45, 7) is 0.0675. The predicted molar refractivity (Wildman–Crippen MR) is 67.8 cm³/mol. The summed E-state index contributed by atoms with van der Waals surface area (Å²) in [5.74, 6) is 0.0559. The lowest BCUT2D eigenvalue weighted by Crippen LogP contribution is -2.48. The lowest BCUT2D eigenvalue weighted by Gasteiger charge is -2.24. The van der Waals surface area contributed by atoms with Crippen molar-refractivity contribution in [3.8, 4) is 5.75 Å². The molecule has 18 heavy (non-hydrogen) atoms. The molecule has 0 bridgehead atoms. The van der Waals surface area contributed by atoms with Crippen LogP contribution < -0.4 is 10.1 Å². The monoisotopic (exact) mass is 313 g/mol. The topological polar surface area (TPSA) is 64.6 Å². The summed E-state index contributed by atoms with van der Waals surface area (Å²) in [5.41, 5.74) is 0.471. The van der Waals surface area contributed by atoms with Crippen LogP contribution in [0.15, 0.2) is 22.7 Å². The number of methoxy groups -OCH3 is 1. The van der Waals surface area contributed by atoms with Gasteiger partial charge >= 0.3 is 0 Å². The van der Waals surface area contributed by atoms with Crippen LogP contribution in [0.5, 0.6) is 5.75 Å². The molecule has 1 aliphatic heterocycles. The molecule has 6 heteroatoms. The van der Waals surface area contributed by atoms with Gasteiger partial charge in [0, 0.05) is 11.6 Å². The highest BCUT2D eigenvalue weighted by molar-refractivity contribution is 9.10. The number of hydrogen-bond acceptors (Lipinski definition) is 4. The summed E-state index contributed by atoms with van der Waals surface area (Å²) in [7, 11) is 1.42. The Kier molecular flexibility index (Phi) is 3.98. The lowest BCUT2D eigenvalue weighted by atomic mass is 10.0. The largest absolute Gasteiger partial charge is 0.490 e. The fraction of sp³-hybridized carbons (Fsp3) is 0.333. The third-order valence-electron chi connectivity index (χ3n) is 2.54. The summed E-state index contributed by atoms with van der Waals surface area (Å²) in [5, 5.41) is 2.58. The third-order valence-corrected chi connectivity index (χ3v) is 3.03. The molecule has 1 amide bonds. The minimum absolute atomic E-state index is 0.0743. The molecule has 0 aliphatic carbocycles. The molecule has 1 heterocycles. The first-order valence-corrected chi connectivity index (χ1v) is 6.16. The molecule has 96 valence electrons. The summed E-state index contributed by atoms with van der Waals surface area (Å²) >= 11 is 3.30. The Morgan fingerprint density at radius 2 is 2.39 bits per heavy atom. The van der Waals surface area contributed by atoms with Crippen molar-refractivity contribution in [3.05, 3.63) is 28.2 Å². The maximum atomic E-state index is 12.2. The zero-order valence-corrected chi connectivity index (χ0v) is 11.3. The summed E-state index contributed by atoms with van der Waals surface area (Å²) in [4.78, 5) is 23.5. The molecule has 5 nitrogen and oxygen atoms in total. The Balaban J connectivity index is 2.15. The molecule has 1 aliphatic rings. The van der Waals surface area contributed by atoms with Crippen LogP contribution in [-0.2, 0) is 9.53 Å². The van der Waals surface area contributed by atoms with Crippen LogP contribution in [0.2, 0.25) is 0 Å². The van der Waals surface area contributed by atoms with Gasteiger partial charge in [0.15, 0.2) is 5.78 Å². The molecule has 0 aromatic heterocycles. The second kappa shape index (κ2) is 5.49. The van der Waals surface area contributed by atoms with Crippen LogP contribution in [0.1, 0.15) is 10.4 Å². The molecule has 0 saturated heterocycles. The quantitative estimate of drug-likeness (QED) is 0.909. The number of halogens is 1. The van der Waals surface area contributed by atoms with Crippen LogP contribution in [0.4, 0.5) is 0 Å². The number of ketones is 1. The maximum Gasteiger partial charge on any atom is 0.246 e. The van der Waals surface area contributed by atoms with Gasteiger partial charge in [0.05, 0.1) is 5.56 Å². The average Bonchev–Trinajstić information content (AvgIpc) is 2.34. The number of fused-ring (bicyclic) bond motifs is 1. The van der Waals surface area contributed by atoms with Crippen molar-refractivity contribution in [3.63, 3.8) is 0 Å². The Morgan fingerprint density at radius 3 is 3.11 bits per heavy atom. The van der Waals surface area contributed by atoms with E-state index in [1.807, 2.05) is 0 Å². The number of benzene rings is 1. The van der Waals surface area contributed by atoms with E-state index in [-0.39, 0.29) is 24.9 Å². The number of nitrogens with one attached hydrogen (secondary N) is 1. The van der Waals surface area contributed by atoms with E-state index in [9.17, 15) is 9.59 Å². The minimum Gasteiger partial charge on any atom is -0.490 e. The van der Waals surface area contributed by atoms with Crippen LogP contribution in [0, 0.1) is 0 Å². The molecule has 0 fully saturated rings. The van der Waals surface area contributed by atoms with Gasteiger partial charge in [-0.15, -0.1) is 0 Å². The number of carbonyl (C=O) groups excluding carboxylic acids is 2. The van der Waals surface area contributed by atoms with E-state index >= 15 is 0 Å². The average molecular weight is 314 g/mol. The Labute approximate surface area is 113 Å². The first-order valence-electron chi connectivity index (χ1n) is 5.36. The van der Waals surface area contributed by atoms with Gasteiger partial charge in [-0.1, -0.05) is 15.9 Å². The van der Waals surface area contributed by atoms with Crippen molar-refractivity contribution in [2.75, 3.05) is 20.3 Å². The smallest absolute Gasteiger partial charge is 0.246 e. The van der Waals surface area contributed by atoms with Gasteiger partial charge in [-0.2, -0.15) is 0 Å². The Hall–Kier alpha value is -1.40. The number of carbonyl (C=O) groups is 2. The van der Waals surface area contributed by atoms with Gasteiger partial charge in [0.1, 0.15) is 25.0 Å². The molecule has 1 aromatic rings. The second-order valence-corrected chi connectivity index (χ2v) is 4.78. The van der Waals surface area contributed by atoms with Crippen LogP contribution >= 0.6 is 15.9 Å². The molecule has 1 atom stereocenters. The van der Waals surface area contributed by atoms with Crippen molar-refractivity contribution in [2.24, 2.45) is 0 Å². The highest BCUT2D eigenvalue weighted by Gasteiger charge is 2.30. The number of ether oxygens (including phenoxy) is 2.